The van der Waals surface area contributed by atoms with Crippen molar-refractivity contribution in [3.63, 3.8) is 0 Å². The number of hydrazine groups is 1. The molecule has 1 atom stereocenters. The molecule has 3 N–H and O–H groups in total. The summed E-state index contributed by atoms with van der Waals surface area (Å²) in [7, 11) is 0. The maximum atomic E-state index is 5.61. The van der Waals surface area contributed by atoms with Crippen LogP contribution in [0.1, 0.15) is 42.1 Å². The van der Waals surface area contributed by atoms with Gasteiger partial charge in [0.15, 0.2) is 0 Å². The average Bonchev–Trinajstić information content (AvgIpc) is 2.14. The molecule has 0 fully saturated rings. The summed E-state index contributed by atoms with van der Waals surface area (Å²) in [6.07, 6.45) is 0. The SMILES string of the molecule is Cc1cc(C)c(C(NN)C(C)C)cc1C. The first-order chi connectivity index (χ1) is 6.97. The quantitative estimate of drug-likeness (QED) is 0.589. The monoisotopic (exact) mass is 206 g/mol. The molecule has 2 heteroatoms. The van der Waals surface area contributed by atoms with Crippen molar-refractivity contribution in [3.8, 4) is 0 Å². The van der Waals surface area contributed by atoms with E-state index in [1.54, 1.807) is 0 Å². The Bertz CT molecular complexity index is 343. The van der Waals surface area contributed by atoms with E-state index in [0.717, 1.165) is 0 Å². The maximum Gasteiger partial charge on any atom is 0.0485 e. The molecular weight excluding hydrogens is 184 g/mol. The number of hydrogen-bond donors (Lipinski definition) is 2. The number of nitrogens with one attached hydrogen (secondary N) is 1. The van der Waals surface area contributed by atoms with Crippen LogP contribution < -0.4 is 11.3 Å². The molecule has 0 spiro atoms. The second-order valence-electron chi connectivity index (χ2n) is 4.68. The summed E-state index contributed by atoms with van der Waals surface area (Å²) >= 11 is 0. The lowest BCUT2D eigenvalue weighted by Gasteiger charge is -2.23. The molecule has 0 aliphatic rings. The van der Waals surface area contributed by atoms with Gasteiger partial charge in [0.25, 0.3) is 0 Å². The van der Waals surface area contributed by atoms with Crippen LogP contribution in [-0.2, 0) is 0 Å². The third-order valence-corrected chi connectivity index (χ3v) is 3.06. The summed E-state index contributed by atoms with van der Waals surface area (Å²) in [5, 5.41) is 0. The van der Waals surface area contributed by atoms with E-state index >= 15 is 0 Å². The van der Waals surface area contributed by atoms with E-state index in [1.165, 1.54) is 22.3 Å². The van der Waals surface area contributed by atoms with Crippen molar-refractivity contribution in [1.82, 2.24) is 5.43 Å². The van der Waals surface area contributed by atoms with Crippen molar-refractivity contribution >= 4 is 0 Å². The topological polar surface area (TPSA) is 38.0 Å². The van der Waals surface area contributed by atoms with Gasteiger partial charge >= 0.3 is 0 Å². The number of benzene rings is 1. The van der Waals surface area contributed by atoms with Crippen LogP contribution in [0.4, 0.5) is 0 Å². The maximum absolute atomic E-state index is 5.61. The predicted molar refractivity (Wildman–Crippen MR) is 65.6 cm³/mol. The lowest BCUT2D eigenvalue weighted by molar-refractivity contribution is 0.419. The molecule has 0 amide bonds. The summed E-state index contributed by atoms with van der Waals surface area (Å²) in [6.45, 7) is 10.8. The minimum Gasteiger partial charge on any atom is -0.271 e. The molecule has 0 saturated heterocycles. The predicted octanol–water partition coefficient (Wildman–Crippen LogP) is 2.77. The summed E-state index contributed by atoms with van der Waals surface area (Å²) in [5.74, 6) is 6.11. The molecule has 0 aromatic heterocycles. The highest BCUT2D eigenvalue weighted by Gasteiger charge is 2.16. The van der Waals surface area contributed by atoms with Crippen molar-refractivity contribution in [2.45, 2.75) is 40.7 Å². The molecule has 0 heterocycles. The van der Waals surface area contributed by atoms with E-state index < -0.39 is 0 Å². The van der Waals surface area contributed by atoms with Crippen LogP contribution in [0.15, 0.2) is 12.1 Å². The Morgan fingerprint density at radius 3 is 2.00 bits per heavy atom. The fraction of sp³-hybridized carbons (Fsp3) is 0.538. The van der Waals surface area contributed by atoms with Gasteiger partial charge in [-0.15, -0.1) is 0 Å². The third kappa shape index (κ3) is 2.58. The number of nitrogens with two attached hydrogens (primary N) is 1. The fourth-order valence-electron chi connectivity index (χ4n) is 1.96. The van der Waals surface area contributed by atoms with E-state index in [1.807, 2.05) is 0 Å². The van der Waals surface area contributed by atoms with Crippen LogP contribution in [0.25, 0.3) is 0 Å². The molecule has 1 aromatic carbocycles. The fourth-order valence-corrected chi connectivity index (χ4v) is 1.96. The third-order valence-electron chi connectivity index (χ3n) is 3.06. The van der Waals surface area contributed by atoms with Crippen molar-refractivity contribution in [1.29, 1.82) is 0 Å². The zero-order chi connectivity index (χ0) is 11.6. The molecule has 84 valence electrons. The van der Waals surface area contributed by atoms with Gasteiger partial charge in [-0.3, -0.25) is 11.3 Å². The summed E-state index contributed by atoms with van der Waals surface area (Å²) < 4.78 is 0. The zero-order valence-corrected chi connectivity index (χ0v) is 10.4. The molecule has 0 saturated carbocycles. The second kappa shape index (κ2) is 4.77. The summed E-state index contributed by atoms with van der Waals surface area (Å²) in [4.78, 5) is 0. The van der Waals surface area contributed by atoms with Gasteiger partial charge in [-0.05, 0) is 48.9 Å². The first kappa shape index (κ1) is 12.2. The Morgan fingerprint density at radius 1 is 1.00 bits per heavy atom. The lowest BCUT2D eigenvalue weighted by atomic mass is 9.90. The highest BCUT2D eigenvalue weighted by atomic mass is 15.2. The number of aryl methyl sites for hydroxylation is 3. The van der Waals surface area contributed by atoms with Crippen molar-refractivity contribution < 1.29 is 0 Å². The van der Waals surface area contributed by atoms with Gasteiger partial charge in [0.05, 0.1) is 0 Å². The lowest BCUT2D eigenvalue weighted by Crippen LogP contribution is -2.32. The normalized spacial score (nSPS) is 13.3. The van der Waals surface area contributed by atoms with Crippen LogP contribution in [0.3, 0.4) is 0 Å². The van der Waals surface area contributed by atoms with Crippen molar-refractivity contribution in [3.05, 3.63) is 34.4 Å². The van der Waals surface area contributed by atoms with Crippen LogP contribution in [0, 0.1) is 26.7 Å². The van der Waals surface area contributed by atoms with Crippen LogP contribution in [0.5, 0.6) is 0 Å². The van der Waals surface area contributed by atoms with Gasteiger partial charge in [0.1, 0.15) is 0 Å². The smallest absolute Gasteiger partial charge is 0.0485 e. The average molecular weight is 206 g/mol. The van der Waals surface area contributed by atoms with E-state index in [2.05, 4.69) is 52.2 Å². The van der Waals surface area contributed by atoms with E-state index in [4.69, 9.17) is 5.84 Å². The Hall–Kier alpha value is -0.860. The first-order valence-corrected chi connectivity index (χ1v) is 5.51. The molecule has 0 aliphatic heterocycles. The van der Waals surface area contributed by atoms with Gasteiger partial charge in [0.2, 0.25) is 0 Å². The molecule has 15 heavy (non-hydrogen) atoms. The van der Waals surface area contributed by atoms with Crippen LogP contribution in [0.2, 0.25) is 0 Å². The Kier molecular flexibility index (Phi) is 3.89. The second-order valence-corrected chi connectivity index (χ2v) is 4.68. The highest BCUT2D eigenvalue weighted by Crippen LogP contribution is 2.26. The van der Waals surface area contributed by atoms with E-state index in [0.29, 0.717) is 5.92 Å². The van der Waals surface area contributed by atoms with Crippen LogP contribution >= 0.6 is 0 Å². The molecule has 0 aliphatic carbocycles. The first-order valence-electron chi connectivity index (χ1n) is 5.51. The zero-order valence-electron chi connectivity index (χ0n) is 10.4. The van der Waals surface area contributed by atoms with Gasteiger partial charge in [0, 0.05) is 6.04 Å². The standard InChI is InChI=1S/C13H22N2/c1-8(2)13(15-14)12-7-10(4)9(3)6-11(12)5/h6-8,13,15H,14H2,1-5H3. The summed E-state index contributed by atoms with van der Waals surface area (Å²) in [6, 6.07) is 4.72. The molecular formula is C13H22N2. The van der Waals surface area contributed by atoms with Gasteiger partial charge in [-0.25, -0.2) is 0 Å². The Labute approximate surface area is 92.8 Å². The highest BCUT2D eigenvalue weighted by molar-refractivity contribution is 5.38. The van der Waals surface area contributed by atoms with Gasteiger partial charge in [-0.2, -0.15) is 0 Å². The van der Waals surface area contributed by atoms with Crippen molar-refractivity contribution in [2.75, 3.05) is 0 Å². The van der Waals surface area contributed by atoms with Crippen LogP contribution in [-0.4, -0.2) is 0 Å². The molecule has 1 aromatic rings. The largest absolute Gasteiger partial charge is 0.271 e. The minimum absolute atomic E-state index is 0.240. The molecule has 1 rings (SSSR count). The molecule has 1 unspecified atom stereocenters. The molecule has 2 nitrogen and oxygen atoms in total. The van der Waals surface area contributed by atoms with Gasteiger partial charge in [-0.1, -0.05) is 26.0 Å². The Balaban J connectivity index is 3.18. The van der Waals surface area contributed by atoms with E-state index in [-0.39, 0.29) is 6.04 Å². The van der Waals surface area contributed by atoms with E-state index in [9.17, 15) is 0 Å². The molecule has 0 radical (unpaired) electrons. The van der Waals surface area contributed by atoms with Gasteiger partial charge < -0.3 is 0 Å². The minimum atomic E-state index is 0.240. The Morgan fingerprint density at radius 2 is 1.53 bits per heavy atom. The van der Waals surface area contributed by atoms with Crippen molar-refractivity contribution in [2.24, 2.45) is 11.8 Å². The molecule has 0 bridgehead atoms. The number of hydrogen-bond acceptors (Lipinski definition) is 2. The number of rotatable bonds is 3. The summed E-state index contributed by atoms with van der Waals surface area (Å²) in [5.41, 5.74) is 8.21.